The lowest BCUT2D eigenvalue weighted by molar-refractivity contribution is 0.102. The molecule has 0 radical (unpaired) electrons. The zero-order valence-corrected chi connectivity index (χ0v) is 19.6. The van der Waals surface area contributed by atoms with Crippen molar-refractivity contribution in [2.45, 2.75) is 4.90 Å². The first kappa shape index (κ1) is 22.5. The van der Waals surface area contributed by atoms with Crippen molar-refractivity contribution in [3.63, 3.8) is 0 Å². The largest absolute Gasteiger partial charge is 0.496 e. The summed E-state index contributed by atoms with van der Waals surface area (Å²) in [6.07, 6.45) is 0. The predicted octanol–water partition coefficient (Wildman–Crippen LogP) is 2.50. The zero-order chi connectivity index (χ0) is 22.9. The number of aromatic nitrogens is 1. The maximum Gasteiger partial charge on any atom is 0.265 e. The van der Waals surface area contributed by atoms with Gasteiger partial charge in [0.1, 0.15) is 17.1 Å². The molecule has 3 aromatic rings. The van der Waals surface area contributed by atoms with E-state index >= 15 is 0 Å². The van der Waals surface area contributed by atoms with Crippen LogP contribution in [0.2, 0.25) is 0 Å². The van der Waals surface area contributed by atoms with Crippen LogP contribution < -0.4 is 14.8 Å². The molecule has 170 valence electrons. The van der Waals surface area contributed by atoms with Gasteiger partial charge in [-0.25, -0.2) is 13.4 Å². The van der Waals surface area contributed by atoms with Crippen molar-refractivity contribution in [3.8, 4) is 11.5 Å². The zero-order valence-electron chi connectivity index (χ0n) is 18.0. The first-order chi connectivity index (χ1) is 15.3. The Balaban J connectivity index is 1.60. The number of carbonyl (C=O) groups is 1. The van der Waals surface area contributed by atoms with Gasteiger partial charge in [0.25, 0.3) is 5.91 Å². The van der Waals surface area contributed by atoms with E-state index in [1.54, 1.807) is 36.4 Å². The number of amides is 1. The second kappa shape index (κ2) is 9.02. The maximum atomic E-state index is 13.0. The number of rotatable bonds is 6. The summed E-state index contributed by atoms with van der Waals surface area (Å²) in [6.45, 7) is 2.32. The van der Waals surface area contributed by atoms with Crippen molar-refractivity contribution in [3.05, 3.63) is 42.0 Å². The van der Waals surface area contributed by atoms with Crippen molar-refractivity contribution in [1.29, 1.82) is 0 Å². The minimum atomic E-state index is -3.59. The molecule has 9 nitrogen and oxygen atoms in total. The molecule has 2 heterocycles. The number of hydrogen-bond donors (Lipinski definition) is 1. The van der Waals surface area contributed by atoms with Gasteiger partial charge in [0.05, 0.1) is 29.3 Å². The molecule has 2 aromatic carbocycles. The summed E-state index contributed by atoms with van der Waals surface area (Å²) in [5.74, 6) is 0.329. The van der Waals surface area contributed by atoms with Gasteiger partial charge in [-0.2, -0.15) is 4.31 Å². The number of nitrogens with zero attached hydrogens (tertiary/aromatic N) is 3. The van der Waals surface area contributed by atoms with Crippen molar-refractivity contribution in [1.82, 2.24) is 14.2 Å². The van der Waals surface area contributed by atoms with Gasteiger partial charge in [-0.1, -0.05) is 17.4 Å². The molecule has 1 saturated heterocycles. The van der Waals surface area contributed by atoms with Crippen LogP contribution in [-0.2, 0) is 10.0 Å². The number of methoxy groups -OCH3 is 2. The fourth-order valence-corrected chi connectivity index (χ4v) is 5.95. The molecule has 0 saturated carbocycles. The summed E-state index contributed by atoms with van der Waals surface area (Å²) in [4.78, 5) is 19.6. The Morgan fingerprint density at radius 2 is 1.72 bits per heavy atom. The SMILES string of the molecule is COc1cccc(OC)c1C(=O)Nc1nc2ccc(S(=O)(=O)N3CCN(C)CC3)cc2s1. The van der Waals surface area contributed by atoms with E-state index in [4.69, 9.17) is 9.47 Å². The van der Waals surface area contributed by atoms with Crippen molar-refractivity contribution >= 4 is 42.6 Å². The third-order valence-corrected chi connectivity index (χ3v) is 8.16. The third-order valence-electron chi connectivity index (χ3n) is 5.34. The second-order valence-electron chi connectivity index (χ2n) is 7.35. The molecule has 0 spiro atoms. The van der Waals surface area contributed by atoms with E-state index in [9.17, 15) is 13.2 Å². The Bertz CT molecular complexity index is 1230. The minimum Gasteiger partial charge on any atom is -0.496 e. The van der Waals surface area contributed by atoms with E-state index in [0.29, 0.717) is 53.0 Å². The fraction of sp³-hybridized carbons (Fsp3) is 0.333. The highest BCUT2D eigenvalue weighted by molar-refractivity contribution is 7.89. The quantitative estimate of drug-likeness (QED) is 0.583. The molecule has 1 fully saturated rings. The molecule has 1 aromatic heterocycles. The average Bonchev–Trinajstić information content (AvgIpc) is 3.20. The lowest BCUT2D eigenvalue weighted by Crippen LogP contribution is -2.46. The number of anilines is 1. The standard InChI is InChI=1S/C21H24N4O5S2/c1-24-9-11-25(12-10-24)32(27,28)14-7-8-15-18(13-14)31-21(22-15)23-20(26)19-16(29-2)5-4-6-17(19)30-3/h4-8,13H,9-12H2,1-3H3,(H,22,23,26). The van der Waals surface area contributed by atoms with Gasteiger partial charge in [-0.15, -0.1) is 0 Å². The van der Waals surface area contributed by atoms with Gasteiger partial charge < -0.3 is 14.4 Å². The number of piperazine rings is 1. The lowest BCUT2D eigenvalue weighted by atomic mass is 10.1. The van der Waals surface area contributed by atoms with Crippen LogP contribution in [0.5, 0.6) is 11.5 Å². The number of benzene rings is 2. The number of ether oxygens (including phenoxy) is 2. The second-order valence-corrected chi connectivity index (χ2v) is 10.3. The van der Waals surface area contributed by atoms with Gasteiger partial charge >= 0.3 is 0 Å². The Morgan fingerprint density at radius 3 is 2.34 bits per heavy atom. The van der Waals surface area contributed by atoms with Crippen LogP contribution in [-0.4, -0.2) is 76.0 Å². The molecular formula is C21H24N4O5S2. The van der Waals surface area contributed by atoms with Crippen LogP contribution >= 0.6 is 11.3 Å². The number of carbonyl (C=O) groups excluding carboxylic acids is 1. The summed E-state index contributed by atoms with van der Waals surface area (Å²) >= 11 is 1.21. The molecule has 0 bridgehead atoms. The highest BCUT2D eigenvalue weighted by atomic mass is 32.2. The van der Waals surface area contributed by atoms with E-state index in [-0.39, 0.29) is 10.5 Å². The Kier molecular flexibility index (Phi) is 6.33. The fourth-order valence-electron chi connectivity index (χ4n) is 3.53. The van der Waals surface area contributed by atoms with Crippen molar-refractivity contribution in [2.75, 3.05) is 52.8 Å². The van der Waals surface area contributed by atoms with E-state index in [1.807, 2.05) is 7.05 Å². The first-order valence-corrected chi connectivity index (χ1v) is 12.2. The predicted molar refractivity (Wildman–Crippen MR) is 123 cm³/mol. The minimum absolute atomic E-state index is 0.225. The molecular weight excluding hydrogens is 452 g/mol. The smallest absolute Gasteiger partial charge is 0.265 e. The van der Waals surface area contributed by atoms with E-state index in [2.05, 4.69) is 15.2 Å². The van der Waals surface area contributed by atoms with E-state index in [0.717, 1.165) is 0 Å². The average molecular weight is 477 g/mol. The van der Waals surface area contributed by atoms with Gasteiger partial charge in [0.15, 0.2) is 5.13 Å². The number of nitrogens with one attached hydrogen (secondary N) is 1. The molecule has 32 heavy (non-hydrogen) atoms. The normalized spacial score (nSPS) is 15.6. The molecule has 0 unspecified atom stereocenters. The molecule has 11 heteroatoms. The highest BCUT2D eigenvalue weighted by Crippen LogP contribution is 2.32. The summed E-state index contributed by atoms with van der Waals surface area (Å²) in [7, 11) is 1.34. The van der Waals surface area contributed by atoms with Gasteiger partial charge in [-0.05, 0) is 37.4 Å². The van der Waals surface area contributed by atoms with Crippen LogP contribution in [0.1, 0.15) is 10.4 Å². The molecule has 0 aliphatic carbocycles. The van der Waals surface area contributed by atoms with Crippen LogP contribution in [0, 0.1) is 0 Å². The summed E-state index contributed by atoms with van der Waals surface area (Å²) in [5.41, 5.74) is 0.865. The highest BCUT2D eigenvalue weighted by Gasteiger charge is 2.28. The molecule has 4 rings (SSSR count). The first-order valence-electron chi connectivity index (χ1n) is 9.95. The Hall–Kier alpha value is -2.73. The molecule has 1 aliphatic rings. The number of hydrogen-bond acceptors (Lipinski definition) is 8. The van der Waals surface area contributed by atoms with Crippen LogP contribution in [0.25, 0.3) is 10.2 Å². The van der Waals surface area contributed by atoms with Gasteiger partial charge in [-0.3, -0.25) is 10.1 Å². The van der Waals surface area contributed by atoms with Crippen LogP contribution in [0.4, 0.5) is 5.13 Å². The molecule has 1 N–H and O–H groups in total. The topological polar surface area (TPSA) is 101 Å². The van der Waals surface area contributed by atoms with E-state index < -0.39 is 15.9 Å². The summed E-state index contributed by atoms with van der Waals surface area (Å²) in [5, 5.41) is 3.12. The van der Waals surface area contributed by atoms with Crippen LogP contribution in [0.3, 0.4) is 0 Å². The van der Waals surface area contributed by atoms with Crippen LogP contribution in [0.15, 0.2) is 41.3 Å². The monoisotopic (exact) mass is 476 g/mol. The number of sulfonamides is 1. The Morgan fingerprint density at radius 1 is 1.06 bits per heavy atom. The van der Waals surface area contributed by atoms with Crippen molar-refractivity contribution < 1.29 is 22.7 Å². The lowest BCUT2D eigenvalue weighted by Gasteiger charge is -2.31. The van der Waals surface area contributed by atoms with E-state index in [1.165, 1.54) is 29.9 Å². The molecule has 1 amide bonds. The molecule has 0 atom stereocenters. The summed E-state index contributed by atoms with van der Waals surface area (Å²) in [6, 6.07) is 9.91. The van der Waals surface area contributed by atoms with Crippen molar-refractivity contribution in [2.24, 2.45) is 0 Å². The number of fused-ring (bicyclic) bond motifs is 1. The molecule has 1 aliphatic heterocycles. The van der Waals surface area contributed by atoms with Gasteiger partial charge in [0, 0.05) is 26.2 Å². The third kappa shape index (κ3) is 4.29. The summed E-state index contributed by atoms with van der Waals surface area (Å²) < 4.78 is 38.8. The number of thiazole rings is 1. The van der Waals surface area contributed by atoms with Gasteiger partial charge in [0.2, 0.25) is 10.0 Å². The number of likely N-dealkylation sites (N-methyl/N-ethyl adjacent to an activating group) is 1. The Labute approximate surface area is 190 Å². The maximum absolute atomic E-state index is 13.0.